The van der Waals surface area contributed by atoms with Crippen LogP contribution in [0.25, 0.3) is 0 Å². The van der Waals surface area contributed by atoms with E-state index in [0.717, 1.165) is 17.7 Å². The van der Waals surface area contributed by atoms with Crippen LogP contribution in [-0.4, -0.2) is 30.1 Å². The molecule has 1 heterocycles. The van der Waals surface area contributed by atoms with E-state index >= 15 is 0 Å². The number of anilines is 1. The van der Waals surface area contributed by atoms with Crippen LogP contribution in [-0.2, 0) is 26.2 Å². The quantitative estimate of drug-likeness (QED) is 0.470. The number of rotatable bonds is 8. The molecule has 1 saturated carbocycles. The Labute approximate surface area is 194 Å². The molecule has 3 aromatic rings. The number of amides is 1. The molecule has 1 aliphatic rings. The van der Waals surface area contributed by atoms with Crippen molar-refractivity contribution >= 4 is 21.6 Å². The van der Waals surface area contributed by atoms with Crippen LogP contribution in [0.4, 0.5) is 18.9 Å². The van der Waals surface area contributed by atoms with Crippen molar-refractivity contribution in [3.05, 3.63) is 90.3 Å². The summed E-state index contributed by atoms with van der Waals surface area (Å²) in [5.41, 5.74) is 1.66. The monoisotopic (exact) mass is 491 g/mol. The first-order valence-electron chi connectivity index (χ1n) is 10.3. The smallest absolute Gasteiger partial charge is 0.326 e. The standard InChI is InChI=1S/C23H20F3N3O4S/c24-23(25,26)33-29(15-16-4-2-1-3-5-16)34(31,32)19-8-6-18(7-9-19)28-22(30)21-14-20(21)17-10-12-27-13-11-17/h1-13,20-21H,14-15H2,(H,28,30). The van der Waals surface area contributed by atoms with Crippen molar-refractivity contribution in [2.75, 3.05) is 5.32 Å². The van der Waals surface area contributed by atoms with Crippen LogP contribution < -0.4 is 5.32 Å². The van der Waals surface area contributed by atoms with Crippen LogP contribution in [0.2, 0.25) is 0 Å². The number of nitrogens with zero attached hydrogens (tertiary/aromatic N) is 2. The Hall–Kier alpha value is -3.28. The van der Waals surface area contributed by atoms with Gasteiger partial charge in [-0.3, -0.25) is 9.78 Å². The van der Waals surface area contributed by atoms with Gasteiger partial charge in [-0.15, -0.1) is 13.2 Å². The summed E-state index contributed by atoms with van der Waals surface area (Å²) in [5, 5.41) is 2.72. The third-order valence-electron chi connectivity index (χ3n) is 5.31. The van der Waals surface area contributed by atoms with Crippen molar-refractivity contribution in [3.63, 3.8) is 0 Å². The Balaban J connectivity index is 1.46. The third-order valence-corrected chi connectivity index (χ3v) is 6.92. The number of aromatic nitrogens is 1. The van der Waals surface area contributed by atoms with E-state index in [2.05, 4.69) is 15.1 Å². The summed E-state index contributed by atoms with van der Waals surface area (Å²) in [6.45, 7) is -0.640. The van der Waals surface area contributed by atoms with Crippen LogP contribution in [0.3, 0.4) is 0 Å². The van der Waals surface area contributed by atoms with Gasteiger partial charge in [0.2, 0.25) is 5.91 Å². The minimum atomic E-state index is -5.20. The van der Waals surface area contributed by atoms with Crippen molar-refractivity contribution < 1.29 is 31.2 Å². The molecule has 4 rings (SSSR count). The first kappa shape index (κ1) is 23.9. The van der Waals surface area contributed by atoms with E-state index in [-0.39, 0.29) is 22.2 Å². The van der Waals surface area contributed by atoms with Crippen LogP contribution in [0.5, 0.6) is 0 Å². The van der Waals surface area contributed by atoms with Crippen LogP contribution in [0.15, 0.2) is 84.0 Å². The van der Waals surface area contributed by atoms with Gasteiger partial charge >= 0.3 is 6.36 Å². The Bertz CT molecular complexity index is 1240. The zero-order chi connectivity index (χ0) is 24.3. The average molecular weight is 491 g/mol. The minimum absolute atomic E-state index is 0.0914. The lowest BCUT2D eigenvalue weighted by Gasteiger charge is -2.22. The van der Waals surface area contributed by atoms with Gasteiger partial charge < -0.3 is 5.32 Å². The number of hydrogen-bond donors (Lipinski definition) is 1. The summed E-state index contributed by atoms with van der Waals surface area (Å²) in [5.74, 6) is -0.343. The van der Waals surface area contributed by atoms with Gasteiger partial charge in [0.25, 0.3) is 10.0 Å². The number of hydrogen-bond acceptors (Lipinski definition) is 5. The second kappa shape index (κ2) is 9.53. The lowest BCUT2D eigenvalue weighted by molar-refractivity contribution is -0.392. The van der Waals surface area contributed by atoms with Gasteiger partial charge in [-0.1, -0.05) is 34.8 Å². The van der Waals surface area contributed by atoms with Gasteiger partial charge in [0.1, 0.15) is 0 Å². The predicted octanol–water partition coefficient (Wildman–Crippen LogP) is 4.47. The van der Waals surface area contributed by atoms with E-state index in [9.17, 15) is 26.4 Å². The molecule has 1 aliphatic carbocycles. The van der Waals surface area contributed by atoms with Gasteiger partial charge in [0, 0.05) is 24.0 Å². The molecular weight excluding hydrogens is 471 g/mol. The Morgan fingerprint density at radius 3 is 2.29 bits per heavy atom. The molecule has 0 aliphatic heterocycles. The van der Waals surface area contributed by atoms with Crippen molar-refractivity contribution in [1.82, 2.24) is 9.45 Å². The van der Waals surface area contributed by atoms with E-state index in [1.54, 1.807) is 30.6 Å². The molecule has 34 heavy (non-hydrogen) atoms. The number of alkyl halides is 3. The molecule has 2 aromatic carbocycles. The van der Waals surface area contributed by atoms with E-state index in [1.807, 2.05) is 12.1 Å². The van der Waals surface area contributed by atoms with Crippen LogP contribution in [0, 0.1) is 5.92 Å². The fourth-order valence-corrected chi connectivity index (χ4v) is 4.76. The van der Waals surface area contributed by atoms with Gasteiger partial charge in [0.15, 0.2) is 0 Å². The zero-order valence-corrected chi connectivity index (χ0v) is 18.5. The Kier molecular flexibility index (Phi) is 6.69. The fourth-order valence-electron chi connectivity index (χ4n) is 3.54. The molecule has 1 aromatic heterocycles. The molecule has 2 unspecified atom stereocenters. The van der Waals surface area contributed by atoms with E-state index in [4.69, 9.17) is 0 Å². The number of carbonyl (C=O) groups is 1. The maximum atomic E-state index is 12.9. The van der Waals surface area contributed by atoms with Crippen molar-refractivity contribution in [1.29, 1.82) is 0 Å². The van der Waals surface area contributed by atoms with Crippen molar-refractivity contribution in [2.24, 2.45) is 5.92 Å². The van der Waals surface area contributed by atoms with Crippen LogP contribution >= 0.6 is 0 Å². The van der Waals surface area contributed by atoms with Gasteiger partial charge in [0.05, 0.1) is 11.4 Å². The van der Waals surface area contributed by atoms with Gasteiger partial charge in [-0.05, 0) is 59.9 Å². The maximum Gasteiger partial charge on any atom is 0.540 e. The Morgan fingerprint density at radius 1 is 1.03 bits per heavy atom. The molecule has 0 spiro atoms. The summed E-state index contributed by atoms with van der Waals surface area (Å²) in [4.78, 5) is 19.9. The number of hydroxylamine groups is 1. The lowest BCUT2D eigenvalue weighted by atomic mass is 10.1. The van der Waals surface area contributed by atoms with E-state index in [0.29, 0.717) is 17.7 Å². The predicted molar refractivity (Wildman–Crippen MR) is 116 cm³/mol. The SMILES string of the molecule is O=C(Nc1ccc(S(=O)(=O)N(Cc2ccccc2)OC(F)(F)F)cc1)C1CC1c1ccncc1. The normalized spacial score (nSPS) is 18.0. The number of nitrogens with one attached hydrogen (secondary N) is 1. The van der Waals surface area contributed by atoms with E-state index in [1.165, 1.54) is 24.3 Å². The molecule has 7 nitrogen and oxygen atoms in total. The highest BCUT2D eigenvalue weighted by Gasteiger charge is 2.44. The molecular formula is C23H20F3N3O4S. The van der Waals surface area contributed by atoms with Crippen molar-refractivity contribution in [3.8, 4) is 0 Å². The molecule has 0 radical (unpaired) electrons. The highest BCUT2D eigenvalue weighted by Crippen LogP contribution is 2.47. The number of carbonyl (C=O) groups excluding carboxylic acids is 1. The Morgan fingerprint density at radius 2 is 1.68 bits per heavy atom. The van der Waals surface area contributed by atoms with Crippen LogP contribution in [0.1, 0.15) is 23.5 Å². The first-order valence-corrected chi connectivity index (χ1v) is 11.7. The largest absolute Gasteiger partial charge is 0.540 e. The molecule has 1 N–H and O–H groups in total. The van der Waals surface area contributed by atoms with E-state index < -0.39 is 27.8 Å². The molecule has 11 heteroatoms. The molecule has 1 fully saturated rings. The zero-order valence-electron chi connectivity index (χ0n) is 17.6. The minimum Gasteiger partial charge on any atom is -0.326 e. The number of sulfonamides is 1. The fraction of sp³-hybridized carbons (Fsp3) is 0.217. The molecule has 1 amide bonds. The summed E-state index contributed by atoms with van der Waals surface area (Å²) < 4.78 is 64.4. The number of benzene rings is 2. The summed E-state index contributed by atoms with van der Waals surface area (Å²) in [6.07, 6.45) is -1.20. The number of halogens is 3. The van der Waals surface area contributed by atoms with Gasteiger partial charge in [-0.2, -0.15) is 4.84 Å². The molecule has 178 valence electrons. The first-order chi connectivity index (χ1) is 16.1. The molecule has 0 bridgehead atoms. The van der Waals surface area contributed by atoms with Gasteiger partial charge in [-0.25, -0.2) is 8.42 Å². The topological polar surface area (TPSA) is 88.6 Å². The second-order valence-electron chi connectivity index (χ2n) is 7.73. The summed E-state index contributed by atoms with van der Waals surface area (Å²) in [7, 11) is -4.65. The average Bonchev–Trinajstić information content (AvgIpc) is 3.61. The highest BCUT2D eigenvalue weighted by molar-refractivity contribution is 7.89. The second-order valence-corrected chi connectivity index (χ2v) is 9.56. The highest BCUT2D eigenvalue weighted by atomic mass is 32.2. The van der Waals surface area contributed by atoms with Crippen molar-refractivity contribution in [2.45, 2.75) is 30.1 Å². The molecule has 0 saturated heterocycles. The molecule has 2 atom stereocenters. The lowest BCUT2D eigenvalue weighted by Crippen LogP contribution is -2.36. The third kappa shape index (κ3) is 5.79. The summed E-state index contributed by atoms with van der Waals surface area (Å²) >= 11 is 0. The summed E-state index contributed by atoms with van der Waals surface area (Å²) in [6, 6.07) is 16.4. The maximum absolute atomic E-state index is 12.9. The number of pyridine rings is 1.